The van der Waals surface area contributed by atoms with Crippen LogP contribution in [0.4, 0.5) is 0 Å². The minimum absolute atomic E-state index is 0.486. The van der Waals surface area contributed by atoms with Crippen molar-refractivity contribution in [3.05, 3.63) is 20.8 Å². The number of hydrogen-bond donors (Lipinski definition) is 1. The normalized spacial score (nSPS) is 26.0. The predicted octanol–water partition coefficient (Wildman–Crippen LogP) is 5.17. The van der Waals surface area contributed by atoms with Crippen molar-refractivity contribution < 1.29 is 0 Å². The van der Waals surface area contributed by atoms with Gasteiger partial charge >= 0.3 is 0 Å². The maximum atomic E-state index is 3.76. The number of nitrogens with one attached hydrogen (secondary N) is 1. The summed E-state index contributed by atoms with van der Waals surface area (Å²) in [5, 5.41) is 3.76. The third-order valence-electron chi connectivity index (χ3n) is 4.75. The molecule has 1 aliphatic rings. The summed E-state index contributed by atoms with van der Waals surface area (Å²) >= 11 is 5.51. The van der Waals surface area contributed by atoms with Gasteiger partial charge in [-0.1, -0.05) is 20.8 Å². The first kappa shape index (κ1) is 14.5. The Morgan fingerprint density at radius 1 is 1.33 bits per heavy atom. The van der Waals surface area contributed by atoms with E-state index in [1.807, 2.05) is 11.3 Å². The van der Waals surface area contributed by atoms with Gasteiger partial charge in [0.25, 0.3) is 0 Å². The molecule has 1 fully saturated rings. The van der Waals surface area contributed by atoms with E-state index in [2.05, 4.69) is 54.2 Å². The fraction of sp³-hybridized carbons (Fsp3) is 0.733. The molecule has 0 spiro atoms. The Balaban J connectivity index is 2.13. The molecule has 1 aliphatic carbocycles. The van der Waals surface area contributed by atoms with Crippen molar-refractivity contribution in [2.45, 2.75) is 58.4 Å². The van der Waals surface area contributed by atoms with E-state index >= 15 is 0 Å². The molecule has 0 aliphatic heterocycles. The minimum atomic E-state index is 0.486. The van der Waals surface area contributed by atoms with Crippen LogP contribution >= 0.6 is 27.3 Å². The van der Waals surface area contributed by atoms with Crippen molar-refractivity contribution in [2.24, 2.45) is 5.41 Å². The molecule has 102 valence electrons. The molecule has 2 rings (SSSR count). The van der Waals surface area contributed by atoms with Gasteiger partial charge in [0.15, 0.2) is 0 Å². The van der Waals surface area contributed by atoms with E-state index < -0.39 is 0 Å². The van der Waals surface area contributed by atoms with E-state index in [4.69, 9.17) is 0 Å². The lowest BCUT2D eigenvalue weighted by Gasteiger charge is -2.56. The van der Waals surface area contributed by atoms with E-state index in [0.29, 0.717) is 5.41 Å². The summed E-state index contributed by atoms with van der Waals surface area (Å²) in [5.74, 6) is 0.762. The molecule has 1 N–H and O–H groups in total. The lowest BCUT2D eigenvalue weighted by atomic mass is 9.53. The van der Waals surface area contributed by atoms with Crippen LogP contribution in [0.5, 0.6) is 0 Å². The van der Waals surface area contributed by atoms with Gasteiger partial charge in [0, 0.05) is 16.8 Å². The van der Waals surface area contributed by atoms with Gasteiger partial charge < -0.3 is 5.32 Å². The highest BCUT2D eigenvalue weighted by atomic mass is 79.9. The minimum Gasteiger partial charge on any atom is -0.313 e. The maximum Gasteiger partial charge on any atom is 0.0701 e. The summed E-state index contributed by atoms with van der Waals surface area (Å²) in [5.41, 5.74) is 0.486. The van der Waals surface area contributed by atoms with E-state index in [-0.39, 0.29) is 0 Å². The zero-order chi connectivity index (χ0) is 13.2. The second kappa shape index (κ2) is 6.06. The third-order valence-corrected chi connectivity index (χ3v) is 6.49. The van der Waals surface area contributed by atoms with Crippen LogP contribution in [0, 0.1) is 5.41 Å². The standard InChI is InChI=1S/C15H24BrNS/c1-4-9-17-13-10-11(15(13,5-2)6-3)12-7-8-14(16)18-12/h7-8,11,13,17H,4-6,9-10H2,1-3H3. The highest BCUT2D eigenvalue weighted by molar-refractivity contribution is 9.11. The van der Waals surface area contributed by atoms with Crippen molar-refractivity contribution in [1.29, 1.82) is 0 Å². The Morgan fingerprint density at radius 2 is 2.06 bits per heavy atom. The molecule has 1 aromatic heterocycles. The summed E-state index contributed by atoms with van der Waals surface area (Å²) in [6, 6.07) is 5.23. The lowest BCUT2D eigenvalue weighted by Crippen LogP contribution is -2.58. The molecule has 0 saturated heterocycles. The molecule has 0 aromatic carbocycles. The van der Waals surface area contributed by atoms with E-state index in [9.17, 15) is 0 Å². The molecule has 18 heavy (non-hydrogen) atoms. The molecule has 0 amide bonds. The predicted molar refractivity (Wildman–Crippen MR) is 84.5 cm³/mol. The van der Waals surface area contributed by atoms with Gasteiger partial charge in [0.1, 0.15) is 0 Å². The summed E-state index contributed by atoms with van der Waals surface area (Å²) in [7, 11) is 0. The van der Waals surface area contributed by atoms with E-state index in [0.717, 1.165) is 18.5 Å². The van der Waals surface area contributed by atoms with Gasteiger partial charge in [-0.25, -0.2) is 0 Å². The van der Waals surface area contributed by atoms with Crippen molar-refractivity contribution in [2.75, 3.05) is 6.54 Å². The highest BCUT2D eigenvalue weighted by Gasteiger charge is 2.52. The SMILES string of the molecule is CCCNC1CC(c2ccc(Br)s2)C1(CC)CC. The summed E-state index contributed by atoms with van der Waals surface area (Å²) < 4.78 is 1.27. The molecule has 0 radical (unpaired) electrons. The van der Waals surface area contributed by atoms with Crippen LogP contribution < -0.4 is 5.32 Å². The van der Waals surface area contributed by atoms with Gasteiger partial charge in [0.2, 0.25) is 0 Å². The molecule has 2 atom stereocenters. The maximum absolute atomic E-state index is 3.76. The monoisotopic (exact) mass is 329 g/mol. The molecule has 2 unspecified atom stereocenters. The number of rotatable bonds is 6. The fourth-order valence-electron chi connectivity index (χ4n) is 3.54. The average Bonchev–Trinajstić information content (AvgIpc) is 2.76. The number of hydrogen-bond acceptors (Lipinski definition) is 2. The molecule has 3 heteroatoms. The molecular weight excluding hydrogens is 306 g/mol. The Hall–Kier alpha value is 0.140. The van der Waals surface area contributed by atoms with Crippen LogP contribution in [0.25, 0.3) is 0 Å². The van der Waals surface area contributed by atoms with Crippen LogP contribution in [0.3, 0.4) is 0 Å². The topological polar surface area (TPSA) is 12.0 Å². The molecule has 1 nitrogen and oxygen atoms in total. The molecule has 1 heterocycles. The van der Waals surface area contributed by atoms with Crippen molar-refractivity contribution in [3.63, 3.8) is 0 Å². The van der Waals surface area contributed by atoms with Crippen LogP contribution in [-0.2, 0) is 0 Å². The summed E-state index contributed by atoms with van der Waals surface area (Å²) in [6.45, 7) is 8.13. The second-order valence-corrected chi connectivity index (χ2v) is 7.87. The van der Waals surface area contributed by atoms with Crippen molar-refractivity contribution in [1.82, 2.24) is 5.32 Å². The van der Waals surface area contributed by atoms with Crippen LogP contribution in [-0.4, -0.2) is 12.6 Å². The van der Waals surface area contributed by atoms with E-state index in [1.54, 1.807) is 4.88 Å². The summed E-state index contributed by atoms with van der Waals surface area (Å²) in [4.78, 5) is 1.57. The quantitative estimate of drug-likeness (QED) is 0.758. The van der Waals surface area contributed by atoms with Gasteiger partial charge in [0.05, 0.1) is 3.79 Å². The van der Waals surface area contributed by atoms with Gasteiger partial charge in [-0.05, 0) is 65.7 Å². The molecule has 1 aromatic rings. The Morgan fingerprint density at radius 3 is 2.56 bits per heavy atom. The van der Waals surface area contributed by atoms with Crippen LogP contribution in [0.15, 0.2) is 15.9 Å². The first-order valence-electron chi connectivity index (χ1n) is 7.16. The lowest BCUT2D eigenvalue weighted by molar-refractivity contribution is 0.0220. The number of halogens is 1. The zero-order valence-electron chi connectivity index (χ0n) is 11.6. The van der Waals surface area contributed by atoms with Crippen molar-refractivity contribution in [3.8, 4) is 0 Å². The van der Waals surface area contributed by atoms with E-state index in [1.165, 1.54) is 29.5 Å². The summed E-state index contributed by atoms with van der Waals surface area (Å²) in [6.07, 6.45) is 5.11. The molecular formula is C15H24BrNS. The second-order valence-electron chi connectivity index (χ2n) is 5.38. The average molecular weight is 330 g/mol. The first-order chi connectivity index (χ1) is 8.67. The largest absolute Gasteiger partial charge is 0.313 e. The van der Waals surface area contributed by atoms with Gasteiger partial charge in [-0.2, -0.15) is 0 Å². The van der Waals surface area contributed by atoms with Gasteiger partial charge in [-0.3, -0.25) is 0 Å². The Kier molecular flexibility index (Phi) is 4.90. The Labute approximate surface area is 123 Å². The number of thiophene rings is 1. The first-order valence-corrected chi connectivity index (χ1v) is 8.77. The van der Waals surface area contributed by atoms with Crippen LogP contribution in [0.1, 0.15) is 57.2 Å². The smallest absolute Gasteiger partial charge is 0.0701 e. The van der Waals surface area contributed by atoms with Crippen LogP contribution in [0.2, 0.25) is 0 Å². The third kappa shape index (κ3) is 2.41. The fourth-order valence-corrected chi connectivity index (χ4v) is 5.21. The highest BCUT2D eigenvalue weighted by Crippen LogP contribution is 2.58. The van der Waals surface area contributed by atoms with Gasteiger partial charge in [-0.15, -0.1) is 11.3 Å². The zero-order valence-corrected chi connectivity index (χ0v) is 14.0. The van der Waals surface area contributed by atoms with Crippen molar-refractivity contribution >= 4 is 27.3 Å². The molecule has 1 saturated carbocycles. The Bertz CT molecular complexity index is 384. The molecule has 0 bridgehead atoms.